The Labute approximate surface area is 115 Å². The van der Waals surface area contributed by atoms with Gasteiger partial charge in [-0.1, -0.05) is 32.9 Å². The number of hydrogen-bond acceptors (Lipinski definition) is 3. The average Bonchev–Trinajstić information content (AvgIpc) is 2.24. The van der Waals surface area contributed by atoms with Crippen molar-refractivity contribution < 1.29 is 9.59 Å². The molecule has 0 aromatic rings. The number of nitrogens with one attached hydrogen (secondary N) is 2. The highest BCUT2D eigenvalue weighted by molar-refractivity contribution is 5.83. The van der Waals surface area contributed by atoms with Gasteiger partial charge in [0.15, 0.2) is 0 Å². The zero-order valence-electron chi connectivity index (χ0n) is 12.2. The maximum atomic E-state index is 12.5. The van der Waals surface area contributed by atoms with Crippen molar-refractivity contribution >= 4 is 11.8 Å². The van der Waals surface area contributed by atoms with Crippen LogP contribution in [0.3, 0.4) is 0 Å². The molecule has 0 aromatic heterocycles. The Bertz CT molecular complexity index is 377. The number of amides is 2. The monoisotopic (exact) mass is 267 g/mol. The van der Waals surface area contributed by atoms with Gasteiger partial charge in [0, 0.05) is 18.4 Å². The predicted molar refractivity (Wildman–Crippen MR) is 75.1 cm³/mol. The molecule has 0 bridgehead atoms. The maximum absolute atomic E-state index is 12.5. The van der Waals surface area contributed by atoms with E-state index in [1.54, 1.807) is 0 Å². The second-order valence-electron chi connectivity index (χ2n) is 6.16. The van der Waals surface area contributed by atoms with Gasteiger partial charge in [-0.15, -0.1) is 0 Å². The summed E-state index contributed by atoms with van der Waals surface area (Å²) in [6.07, 6.45) is 5.58. The molecule has 0 unspecified atom stereocenters. The van der Waals surface area contributed by atoms with Crippen LogP contribution in [0.1, 0.15) is 40.5 Å². The number of nitrogens with two attached hydrogens (primary N) is 1. The molecule has 5 heteroatoms. The predicted octanol–water partition coefficient (Wildman–Crippen LogP) is 1.75. The SMILES string of the molecule is C[C@H](CC(=O)[C@H]1[C@H](C)C=CCC1(C)C)NNC(N)=O. The van der Waals surface area contributed by atoms with Gasteiger partial charge in [0.25, 0.3) is 0 Å². The molecule has 0 saturated carbocycles. The van der Waals surface area contributed by atoms with Crippen molar-refractivity contribution in [2.24, 2.45) is 23.0 Å². The van der Waals surface area contributed by atoms with Crippen LogP contribution in [0.2, 0.25) is 0 Å². The van der Waals surface area contributed by atoms with E-state index in [0.717, 1.165) is 6.42 Å². The van der Waals surface area contributed by atoms with E-state index >= 15 is 0 Å². The third kappa shape index (κ3) is 4.35. The van der Waals surface area contributed by atoms with Crippen molar-refractivity contribution in [3.8, 4) is 0 Å². The van der Waals surface area contributed by atoms with Gasteiger partial charge in [0.1, 0.15) is 5.78 Å². The van der Waals surface area contributed by atoms with E-state index in [0.29, 0.717) is 6.42 Å². The molecule has 3 atom stereocenters. The van der Waals surface area contributed by atoms with Gasteiger partial charge in [-0.2, -0.15) is 0 Å². The summed E-state index contributed by atoms with van der Waals surface area (Å²) in [6, 6.07) is -0.775. The van der Waals surface area contributed by atoms with E-state index in [1.165, 1.54) is 0 Å². The van der Waals surface area contributed by atoms with E-state index in [4.69, 9.17) is 5.73 Å². The molecular formula is C14H25N3O2. The number of rotatable bonds is 5. The Kier molecular flexibility index (Phi) is 5.11. The van der Waals surface area contributed by atoms with Crippen LogP contribution in [0.15, 0.2) is 12.2 Å². The summed E-state index contributed by atoms with van der Waals surface area (Å²) in [5.41, 5.74) is 10.0. The number of urea groups is 1. The molecule has 5 nitrogen and oxygen atoms in total. The molecule has 0 saturated heterocycles. The zero-order valence-corrected chi connectivity index (χ0v) is 12.2. The average molecular weight is 267 g/mol. The molecule has 108 valence electrons. The van der Waals surface area contributed by atoms with Crippen LogP contribution in [-0.4, -0.2) is 17.9 Å². The molecule has 0 spiro atoms. The van der Waals surface area contributed by atoms with Crippen molar-refractivity contribution in [3.63, 3.8) is 0 Å². The Hall–Kier alpha value is -1.36. The van der Waals surface area contributed by atoms with E-state index in [2.05, 4.69) is 43.8 Å². The second kappa shape index (κ2) is 6.19. The van der Waals surface area contributed by atoms with Crippen LogP contribution in [0.4, 0.5) is 4.79 Å². The van der Waals surface area contributed by atoms with Gasteiger partial charge in [0.2, 0.25) is 0 Å². The van der Waals surface area contributed by atoms with Gasteiger partial charge in [-0.05, 0) is 24.7 Å². The van der Waals surface area contributed by atoms with Crippen LogP contribution in [0.25, 0.3) is 0 Å². The van der Waals surface area contributed by atoms with E-state index in [9.17, 15) is 9.59 Å². The van der Waals surface area contributed by atoms with E-state index in [-0.39, 0.29) is 29.1 Å². The molecule has 1 aliphatic carbocycles. The first-order valence-corrected chi connectivity index (χ1v) is 6.74. The third-order valence-electron chi connectivity index (χ3n) is 3.75. The molecule has 0 aromatic carbocycles. The lowest BCUT2D eigenvalue weighted by Crippen LogP contribution is -2.47. The molecule has 19 heavy (non-hydrogen) atoms. The van der Waals surface area contributed by atoms with Crippen LogP contribution in [0.5, 0.6) is 0 Å². The fourth-order valence-corrected chi connectivity index (χ4v) is 2.94. The van der Waals surface area contributed by atoms with Crippen molar-refractivity contribution in [1.29, 1.82) is 0 Å². The molecule has 1 aliphatic rings. The fourth-order valence-electron chi connectivity index (χ4n) is 2.94. The molecule has 4 N–H and O–H groups in total. The largest absolute Gasteiger partial charge is 0.351 e. The lowest BCUT2D eigenvalue weighted by molar-refractivity contribution is -0.128. The molecule has 1 rings (SSSR count). The van der Waals surface area contributed by atoms with Crippen LogP contribution in [-0.2, 0) is 4.79 Å². The smallest absolute Gasteiger partial charge is 0.326 e. The molecule has 0 aliphatic heterocycles. The summed E-state index contributed by atoms with van der Waals surface area (Å²) in [5.74, 6) is 0.510. The number of carbonyl (C=O) groups is 2. The van der Waals surface area contributed by atoms with Gasteiger partial charge in [-0.25, -0.2) is 10.2 Å². The van der Waals surface area contributed by atoms with Crippen molar-refractivity contribution in [2.45, 2.75) is 46.6 Å². The lowest BCUT2D eigenvalue weighted by atomic mass is 9.65. The highest BCUT2D eigenvalue weighted by atomic mass is 16.2. The van der Waals surface area contributed by atoms with Crippen LogP contribution >= 0.6 is 0 Å². The number of Topliss-reactive ketones (excluding diaryl/α,β-unsaturated/α-hetero) is 1. The quantitative estimate of drug-likeness (QED) is 0.524. The summed E-state index contributed by atoms with van der Waals surface area (Å²) in [5, 5.41) is 0. The maximum Gasteiger partial charge on any atom is 0.326 e. The molecule has 0 heterocycles. The highest BCUT2D eigenvalue weighted by Crippen LogP contribution is 2.41. The first kappa shape index (κ1) is 15.7. The first-order chi connectivity index (χ1) is 8.74. The third-order valence-corrected chi connectivity index (χ3v) is 3.75. The standard InChI is InChI=1S/C14H25N3O2/c1-9-6-5-7-14(3,4)12(9)11(18)8-10(2)16-17-13(15)19/h5-6,9-10,12,16H,7-8H2,1-4H3,(H3,15,17,19)/t9-,10-,12-/m1/s1. The minimum absolute atomic E-state index is 0.0118. The number of ketones is 1. The van der Waals surface area contributed by atoms with Gasteiger partial charge < -0.3 is 5.73 Å². The summed E-state index contributed by atoms with van der Waals surface area (Å²) >= 11 is 0. The van der Waals surface area contributed by atoms with Crippen LogP contribution in [0, 0.1) is 17.3 Å². The number of primary amides is 1. The normalized spacial score (nSPS) is 26.7. The first-order valence-electron chi connectivity index (χ1n) is 6.74. The van der Waals surface area contributed by atoms with Crippen molar-refractivity contribution in [3.05, 3.63) is 12.2 Å². The number of allylic oxidation sites excluding steroid dienone is 2. The zero-order chi connectivity index (χ0) is 14.6. The molecule has 0 radical (unpaired) electrons. The van der Waals surface area contributed by atoms with Gasteiger partial charge in [-0.3, -0.25) is 10.2 Å². The summed E-state index contributed by atoms with van der Waals surface area (Å²) in [6.45, 7) is 8.20. The fraction of sp³-hybridized carbons (Fsp3) is 0.714. The Morgan fingerprint density at radius 3 is 2.63 bits per heavy atom. The van der Waals surface area contributed by atoms with E-state index < -0.39 is 6.03 Å². The second-order valence-corrected chi connectivity index (χ2v) is 6.16. The number of carbonyl (C=O) groups excluding carboxylic acids is 2. The van der Waals surface area contributed by atoms with E-state index in [1.807, 2.05) is 6.92 Å². The Morgan fingerprint density at radius 1 is 1.47 bits per heavy atom. The number of hydrazine groups is 1. The van der Waals surface area contributed by atoms with Gasteiger partial charge >= 0.3 is 6.03 Å². The van der Waals surface area contributed by atoms with Gasteiger partial charge in [0.05, 0.1) is 0 Å². The molecular weight excluding hydrogens is 242 g/mol. The van der Waals surface area contributed by atoms with Crippen molar-refractivity contribution in [1.82, 2.24) is 10.9 Å². The topological polar surface area (TPSA) is 84.2 Å². The van der Waals surface area contributed by atoms with Crippen LogP contribution < -0.4 is 16.6 Å². The Balaban J connectivity index is 2.61. The summed E-state index contributed by atoms with van der Waals surface area (Å²) in [4.78, 5) is 23.1. The minimum Gasteiger partial charge on any atom is -0.351 e. The molecule has 0 fully saturated rings. The number of hydrogen-bond donors (Lipinski definition) is 3. The molecule has 2 amide bonds. The lowest BCUT2D eigenvalue weighted by Gasteiger charge is -2.39. The minimum atomic E-state index is -0.645. The summed E-state index contributed by atoms with van der Waals surface area (Å²) < 4.78 is 0. The summed E-state index contributed by atoms with van der Waals surface area (Å²) in [7, 11) is 0. The highest BCUT2D eigenvalue weighted by Gasteiger charge is 2.39. The Morgan fingerprint density at radius 2 is 2.11 bits per heavy atom. The van der Waals surface area contributed by atoms with Crippen molar-refractivity contribution in [2.75, 3.05) is 0 Å².